The van der Waals surface area contributed by atoms with Crippen LogP contribution in [0.4, 0.5) is 5.69 Å². The first-order valence-electron chi connectivity index (χ1n) is 8.39. The van der Waals surface area contributed by atoms with E-state index < -0.39 is 0 Å². The van der Waals surface area contributed by atoms with Gasteiger partial charge in [0.1, 0.15) is 6.33 Å². The van der Waals surface area contributed by atoms with Gasteiger partial charge in [0.15, 0.2) is 0 Å². The third kappa shape index (κ3) is 3.32. The van der Waals surface area contributed by atoms with Gasteiger partial charge in [0.2, 0.25) is 0 Å². The van der Waals surface area contributed by atoms with Gasteiger partial charge in [-0.15, -0.1) is 5.10 Å². The summed E-state index contributed by atoms with van der Waals surface area (Å²) in [5.74, 6) is -0.223. The lowest BCUT2D eigenvalue weighted by molar-refractivity contribution is 0.102. The summed E-state index contributed by atoms with van der Waals surface area (Å²) in [7, 11) is 0. The van der Waals surface area contributed by atoms with Gasteiger partial charge in [-0.3, -0.25) is 4.79 Å². The van der Waals surface area contributed by atoms with E-state index in [1.54, 1.807) is 18.2 Å². The number of para-hydroxylation sites is 2. The van der Waals surface area contributed by atoms with Gasteiger partial charge in [-0.2, -0.15) is 5.10 Å². The highest BCUT2D eigenvalue weighted by Gasteiger charge is 2.13. The average molecular weight is 359 g/mol. The molecule has 134 valence electrons. The fraction of sp³-hybridized carbons (Fsp3) is 0.105. The first kappa shape index (κ1) is 16.6. The SMILES string of the molecule is Cc1cc(C)n(-c2ccccc2NC(=O)c2cccc(-n3cnnn3)c2)n1. The number of nitrogens with zero attached hydrogens (tertiary/aromatic N) is 6. The van der Waals surface area contributed by atoms with E-state index >= 15 is 0 Å². The van der Waals surface area contributed by atoms with E-state index in [9.17, 15) is 4.79 Å². The summed E-state index contributed by atoms with van der Waals surface area (Å²) < 4.78 is 3.32. The number of carbonyl (C=O) groups is 1. The summed E-state index contributed by atoms with van der Waals surface area (Å²) in [5, 5.41) is 18.6. The molecule has 0 bridgehead atoms. The normalized spacial score (nSPS) is 10.7. The molecule has 27 heavy (non-hydrogen) atoms. The van der Waals surface area contributed by atoms with Crippen molar-refractivity contribution in [3.8, 4) is 11.4 Å². The van der Waals surface area contributed by atoms with E-state index in [1.165, 1.54) is 11.0 Å². The van der Waals surface area contributed by atoms with Crippen molar-refractivity contribution >= 4 is 11.6 Å². The molecule has 1 N–H and O–H groups in total. The van der Waals surface area contributed by atoms with Crippen molar-refractivity contribution in [2.24, 2.45) is 0 Å². The number of nitrogens with one attached hydrogen (secondary N) is 1. The number of rotatable bonds is 4. The maximum Gasteiger partial charge on any atom is 0.255 e. The third-order valence-electron chi connectivity index (χ3n) is 4.11. The van der Waals surface area contributed by atoms with Crippen molar-refractivity contribution in [2.75, 3.05) is 5.32 Å². The second kappa shape index (κ2) is 6.83. The summed E-state index contributed by atoms with van der Waals surface area (Å²) in [6, 6.07) is 16.7. The van der Waals surface area contributed by atoms with Gasteiger partial charge in [-0.1, -0.05) is 18.2 Å². The van der Waals surface area contributed by atoms with Gasteiger partial charge >= 0.3 is 0 Å². The number of anilines is 1. The van der Waals surface area contributed by atoms with Crippen LogP contribution in [0, 0.1) is 13.8 Å². The van der Waals surface area contributed by atoms with Crippen LogP contribution in [0.15, 0.2) is 60.9 Å². The Kier molecular flexibility index (Phi) is 4.21. The minimum atomic E-state index is -0.223. The zero-order chi connectivity index (χ0) is 18.8. The number of hydrogen-bond donors (Lipinski definition) is 1. The maximum absolute atomic E-state index is 12.8. The lowest BCUT2D eigenvalue weighted by atomic mass is 10.1. The molecule has 0 saturated heterocycles. The summed E-state index contributed by atoms with van der Waals surface area (Å²) in [6.45, 7) is 3.92. The number of carbonyl (C=O) groups excluding carboxylic acids is 1. The van der Waals surface area contributed by atoms with Gasteiger partial charge in [0.25, 0.3) is 5.91 Å². The number of amides is 1. The molecule has 0 aliphatic carbocycles. The van der Waals surface area contributed by atoms with Crippen LogP contribution in [0.3, 0.4) is 0 Å². The lowest BCUT2D eigenvalue weighted by Gasteiger charge is -2.13. The van der Waals surface area contributed by atoms with E-state index in [0.29, 0.717) is 16.9 Å². The summed E-state index contributed by atoms with van der Waals surface area (Å²) in [6.07, 6.45) is 1.48. The Morgan fingerprint density at radius 3 is 2.63 bits per heavy atom. The molecule has 0 aliphatic heterocycles. The Balaban J connectivity index is 1.65. The van der Waals surface area contributed by atoms with Crippen molar-refractivity contribution in [1.82, 2.24) is 30.0 Å². The van der Waals surface area contributed by atoms with Crippen LogP contribution in [0.2, 0.25) is 0 Å². The molecule has 0 fully saturated rings. The molecule has 0 aliphatic rings. The largest absolute Gasteiger partial charge is 0.320 e. The molecule has 8 nitrogen and oxygen atoms in total. The second-order valence-electron chi connectivity index (χ2n) is 6.11. The summed E-state index contributed by atoms with van der Waals surface area (Å²) >= 11 is 0. The Labute approximate surface area is 155 Å². The molecule has 0 unspecified atom stereocenters. The smallest absolute Gasteiger partial charge is 0.255 e. The first-order valence-corrected chi connectivity index (χ1v) is 8.39. The highest BCUT2D eigenvalue weighted by molar-refractivity contribution is 6.05. The number of aryl methyl sites for hydroxylation is 2. The van der Waals surface area contributed by atoms with Crippen molar-refractivity contribution in [3.05, 3.63) is 77.9 Å². The summed E-state index contributed by atoms with van der Waals surface area (Å²) in [5.41, 5.74) is 4.62. The topological polar surface area (TPSA) is 90.5 Å². The fourth-order valence-corrected chi connectivity index (χ4v) is 2.90. The van der Waals surface area contributed by atoms with Crippen molar-refractivity contribution < 1.29 is 4.79 Å². The van der Waals surface area contributed by atoms with Crippen LogP contribution in [-0.4, -0.2) is 35.9 Å². The fourth-order valence-electron chi connectivity index (χ4n) is 2.90. The molecule has 4 aromatic rings. The molecule has 8 heteroatoms. The van der Waals surface area contributed by atoms with Crippen molar-refractivity contribution in [1.29, 1.82) is 0 Å². The Morgan fingerprint density at radius 1 is 1.04 bits per heavy atom. The van der Waals surface area contributed by atoms with Gasteiger partial charge in [0, 0.05) is 11.3 Å². The lowest BCUT2D eigenvalue weighted by Crippen LogP contribution is -2.15. The molecule has 1 amide bonds. The Hall–Kier alpha value is -3.81. The average Bonchev–Trinajstić information content (AvgIpc) is 3.32. The molecule has 0 saturated carbocycles. The second-order valence-corrected chi connectivity index (χ2v) is 6.11. The van der Waals surface area contributed by atoms with E-state index in [4.69, 9.17) is 0 Å². The third-order valence-corrected chi connectivity index (χ3v) is 4.11. The van der Waals surface area contributed by atoms with E-state index in [-0.39, 0.29) is 5.91 Å². The van der Waals surface area contributed by atoms with Crippen LogP contribution in [0.25, 0.3) is 11.4 Å². The van der Waals surface area contributed by atoms with Crippen LogP contribution in [-0.2, 0) is 0 Å². The van der Waals surface area contributed by atoms with E-state index in [0.717, 1.165) is 17.1 Å². The molecular weight excluding hydrogens is 342 g/mol. The minimum absolute atomic E-state index is 0.223. The molecule has 0 radical (unpaired) electrons. The highest BCUT2D eigenvalue weighted by Crippen LogP contribution is 2.22. The van der Waals surface area contributed by atoms with Crippen LogP contribution >= 0.6 is 0 Å². The summed E-state index contributed by atoms with van der Waals surface area (Å²) in [4.78, 5) is 12.8. The molecule has 0 atom stereocenters. The molecule has 2 aromatic heterocycles. The predicted molar refractivity (Wildman–Crippen MR) is 100 cm³/mol. The Morgan fingerprint density at radius 2 is 1.89 bits per heavy atom. The first-order chi connectivity index (χ1) is 13.1. The van der Waals surface area contributed by atoms with Crippen molar-refractivity contribution in [2.45, 2.75) is 13.8 Å². The van der Waals surface area contributed by atoms with Gasteiger partial charge in [-0.05, 0) is 60.7 Å². The minimum Gasteiger partial charge on any atom is -0.320 e. The standard InChI is InChI=1S/C19H17N7O/c1-13-10-14(2)26(22-13)18-9-4-3-8-17(18)21-19(27)15-6-5-7-16(11-15)25-12-20-23-24-25/h3-12H,1-2H3,(H,21,27). The zero-order valence-corrected chi connectivity index (χ0v) is 14.9. The van der Waals surface area contributed by atoms with Gasteiger partial charge in [0.05, 0.1) is 22.8 Å². The molecule has 0 spiro atoms. The highest BCUT2D eigenvalue weighted by atomic mass is 16.1. The zero-order valence-electron chi connectivity index (χ0n) is 14.9. The monoisotopic (exact) mass is 359 g/mol. The Bertz CT molecular complexity index is 1100. The van der Waals surface area contributed by atoms with Crippen LogP contribution in [0.1, 0.15) is 21.7 Å². The van der Waals surface area contributed by atoms with Crippen molar-refractivity contribution in [3.63, 3.8) is 0 Å². The molecule has 4 rings (SSSR count). The quantitative estimate of drug-likeness (QED) is 0.605. The number of benzene rings is 2. The van der Waals surface area contributed by atoms with Gasteiger partial charge in [-0.25, -0.2) is 9.36 Å². The maximum atomic E-state index is 12.8. The van der Waals surface area contributed by atoms with Crippen LogP contribution in [0.5, 0.6) is 0 Å². The number of hydrogen-bond acceptors (Lipinski definition) is 5. The van der Waals surface area contributed by atoms with E-state index in [2.05, 4.69) is 25.9 Å². The number of aromatic nitrogens is 6. The van der Waals surface area contributed by atoms with E-state index in [1.807, 2.05) is 54.9 Å². The molecule has 2 aromatic carbocycles. The van der Waals surface area contributed by atoms with Crippen LogP contribution < -0.4 is 5.32 Å². The molecular formula is C19H17N7O. The predicted octanol–water partition coefficient (Wildman–Crippen LogP) is 2.72. The molecule has 2 heterocycles. The number of tetrazole rings is 1. The van der Waals surface area contributed by atoms with Gasteiger partial charge < -0.3 is 5.32 Å².